The summed E-state index contributed by atoms with van der Waals surface area (Å²) >= 11 is 0. The maximum atomic E-state index is 12.5. The van der Waals surface area contributed by atoms with Gasteiger partial charge >= 0.3 is 12.5 Å². The van der Waals surface area contributed by atoms with E-state index in [-0.39, 0.29) is 5.69 Å². The van der Waals surface area contributed by atoms with Crippen LogP contribution in [0.2, 0.25) is 0 Å². The third kappa shape index (κ3) is 5.28. The largest absolute Gasteiger partial charge is 0.573 e. The van der Waals surface area contributed by atoms with Crippen LogP contribution in [0.25, 0.3) is 0 Å². The fourth-order valence-electron chi connectivity index (χ4n) is 1.76. The van der Waals surface area contributed by atoms with Crippen LogP contribution in [0.1, 0.15) is 5.56 Å². The first-order chi connectivity index (χ1) is 11.4. The molecule has 0 spiro atoms. The number of hydrogen-bond acceptors (Lipinski definition) is 3. The number of halogens is 6. The molecule has 0 saturated heterocycles. The quantitative estimate of drug-likeness (QED) is 0.794. The lowest BCUT2D eigenvalue weighted by atomic mass is 10.2. The smallest absolute Gasteiger partial charge is 0.406 e. The van der Waals surface area contributed by atoms with Crippen LogP contribution in [0.5, 0.6) is 5.75 Å². The molecule has 0 amide bonds. The van der Waals surface area contributed by atoms with Crippen LogP contribution >= 0.6 is 0 Å². The van der Waals surface area contributed by atoms with Crippen molar-refractivity contribution in [1.29, 1.82) is 0 Å². The highest BCUT2D eigenvalue weighted by molar-refractivity contribution is 7.92. The van der Waals surface area contributed by atoms with E-state index in [2.05, 4.69) is 4.74 Å². The number of alkyl halides is 6. The standard InChI is InChI=1S/C14H9F6NO3S/c15-13(16,17)9-1-7-12(8-2-9)25(22,23)21-10-3-5-11(6-4-10)24-14(18,19)20/h1-8,21H. The minimum atomic E-state index is -4.89. The molecule has 1 N–H and O–H groups in total. The molecule has 0 aromatic heterocycles. The summed E-state index contributed by atoms with van der Waals surface area (Å²) in [6, 6.07) is 6.56. The topological polar surface area (TPSA) is 55.4 Å². The predicted octanol–water partition coefficient (Wildman–Crippen LogP) is 4.40. The molecule has 0 bridgehead atoms. The molecule has 4 nitrogen and oxygen atoms in total. The molecular weight excluding hydrogens is 376 g/mol. The molecule has 2 aromatic rings. The Balaban J connectivity index is 2.16. The maximum Gasteiger partial charge on any atom is 0.573 e. The molecule has 0 heterocycles. The number of ether oxygens (including phenoxy) is 1. The summed E-state index contributed by atoms with van der Waals surface area (Å²) in [5.74, 6) is -0.551. The first-order valence-corrected chi connectivity index (χ1v) is 7.91. The van der Waals surface area contributed by atoms with Gasteiger partial charge in [-0.1, -0.05) is 0 Å². The Labute approximate surface area is 138 Å². The summed E-state index contributed by atoms with van der Waals surface area (Å²) in [7, 11) is -4.20. The monoisotopic (exact) mass is 385 g/mol. The van der Waals surface area contributed by atoms with Gasteiger partial charge in [0.1, 0.15) is 5.75 Å². The molecular formula is C14H9F6NO3S. The average molecular weight is 385 g/mol. The Kier molecular flexibility index (Phi) is 4.89. The molecule has 11 heteroatoms. The highest BCUT2D eigenvalue weighted by atomic mass is 32.2. The SMILES string of the molecule is O=S(=O)(Nc1ccc(OC(F)(F)F)cc1)c1ccc(C(F)(F)F)cc1. The fourth-order valence-corrected chi connectivity index (χ4v) is 2.82. The fraction of sp³-hybridized carbons (Fsp3) is 0.143. The Morgan fingerprint density at radius 3 is 1.76 bits per heavy atom. The van der Waals surface area contributed by atoms with E-state index in [1.807, 2.05) is 4.72 Å². The van der Waals surface area contributed by atoms with Crippen LogP contribution in [-0.4, -0.2) is 14.8 Å². The Morgan fingerprint density at radius 2 is 1.32 bits per heavy atom. The van der Waals surface area contributed by atoms with Gasteiger partial charge in [-0.2, -0.15) is 13.2 Å². The van der Waals surface area contributed by atoms with E-state index in [0.29, 0.717) is 12.1 Å². The van der Waals surface area contributed by atoms with E-state index in [9.17, 15) is 34.8 Å². The minimum Gasteiger partial charge on any atom is -0.406 e. The Hall–Kier alpha value is -2.43. The van der Waals surface area contributed by atoms with E-state index in [0.717, 1.165) is 36.4 Å². The van der Waals surface area contributed by atoms with Gasteiger partial charge in [-0.25, -0.2) is 8.42 Å². The normalized spacial score (nSPS) is 12.7. The van der Waals surface area contributed by atoms with Crippen molar-refractivity contribution < 1.29 is 39.5 Å². The Morgan fingerprint density at radius 1 is 0.800 bits per heavy atom. The Bertz CT molecular complexity index is 827. The molecule has 0 aliphatic heterocycles. The highest BCUT2D eigenvalue weighted by Gasteiger charge is 2.31. The maximum absolute atomic E-state index is 12.5. The summed E-state index contributed by atoms with van der Waals surface area (Å²) in [6.07, 6.45) is -9.49. The third-order valence-corrected chi connectivity index (χ3v) is 4.23. The van der Waals surface area contributed by atoms with Crippen molar-refractivity contribution in [3.05, 3.63) is 54.1 Å². The van der Waals surface area contributed by atoms with Gasteiger partial charge in [-0.15, -0.1) is 13.2 Å². The van der Waals surface area contributed by atoms with E-state index in [1.54, 1.807) is 0 Å². The second-order valence-electron chi connectivity index (χ2n) is 4.70. The van der Waals surface area contributed by atoms with Gasteiger partial charge in [-0.3, -0.25) is 4.72 Å². The lowest BCUT2D eigenvalue weighted by Gasteiger charge is -2.11. The molecule has 0 aliphatic rings. The predicted molar refractivity (Wildman–Crippen MR) is 75.4 cm³/mol. The number of hydrogen-bond donors (Lipinski definition) is 1. The van der Waals surface area contributed by atoms with Crippen molar-refractivity contribution >= 4 is 15.7 Å². The van der Waals surface area contributed by atoms with Crippen LogP contribution in [0.15, 0.2) is 53.4 Å². The zero-order valence-corrected chi connectivity index (χ0v) is 12.8. The minimum absolute atomic E-state index is 0.0885. The first kappa shape index (κ1) is 18.9. The summed E-state index contributed by atoms with van der Waals surface area (Å²) in [6.45, 7) is 0. The number of rotatable bonds is 4. The molecule has 0 atom stereocenters. The molecule has 25 heavy (non-hydrogen) atoms. The number of benzene rings is 2. The van der Waals surface area contributed by atoms with Crippen LogP contribution in [0, 0.1) is 0 Å². The van der Waals surface area contributed by atoms with E-state index in [4.69, 9.17) is 0 Å². The average Bonchev–Trinajstić information content (AvgIpc) is 2.47. The van der Waals surface area contributed by atoms with Gasteiger partial charge < -0.3 is 4.74 Å². The lowest BCUT2D eigenvalue weighted by Crippen LogP contribution is -2.17. The lowest BCUT2D eigenvalue weighted by molar-refractivity contribution is -0.274. The van der Waals surface area contributed by atoms with Gasteiger partial charge in [-0.05, 0) is 48.5 Å². The molecule has 2 rings (SSSR count). The highest BCUT2D eigenvalue weighted by Crippen LogP contribution is 2.30. The van der Waals surface area contributed by atoms with E-state index < -0.39 is 38.8 Å². The molecule has 0 radical (unpaired) electrons. The summed E-state index contributed by atoms with van der Waals surface area (Å²) in [4.78, 5) is -0.434. The van der Waals surface area contributed by atoms with E-state index >= 15 is 0 Å². The summed E-state index contributed by atoms with van der Waals surface area (Å²) in [5, 5.41) is 0. The number of anilines is 1. The van der Waals surface area contributed by atoms with E-state index in [1.165, 1.54) is 0 Å². The van der Waals surface area contributed by atoms with Crippen LogP contribution in [0.3, 0.4) is 0 Å². The molecule has 0 unspecified atom stereocenters. The van der Waals surface area contributed by atoms with Gasteiger partial charge in [0.05, 0.1) is 10.5 Å². The summed E-state index contributed by atoms with van der Waals surface area (Å²) < 4.78 is 103. The van der Waals surface area contributed by atoms with Gasteiger partial charge in [0.15, 0.2) is 0 Å². The molecule has 0 fully saturated rings. The van der Waals surface area contributed by atoms with Crippen molar-refractivity contribution in [1.82, 2.24) is 0 Å². The van der Waals surface area contributed by atoms with Crippen molar-refractivity contribution in [2.75, 3.05) is 4.72 Å². The van der Waals surface area contributed by atoms with Gasteiger partial charge in [0, 0.05) is 5.69 Å². The summed E-state index contributed by atoms with van der Waals surface area (Å²) in [5.41, 5.74) is -1.10. The number of nitrogens with one attached hydrogen (secondary N) is 1. The van der Waals surface area contributed by atoms with Crippen molar-refractivity contribution in [2.45, 2.75) is 17.4 Å². The second-order valence-corrected chi connectivity index (χ2v) is 6.38. The third-order valence-electron chi connectivity index (χ3n) is 2.83. The molecule has 136 valence electrons. The molecule has 0 aliphatic carbocycles. The van der Waals surface area contributed by atoms with Crippen molar-refractivity contribution in [3.63, 3.8) is 0 Å². The zero-order valence-electron chi connectivity index (χ0n) is 12.0. The molecule has 0 saturated carbocycles. The van der Waals surface area contributed by atoms with Gasteiger partial charge in [0.2, 0.25) is 0 Å². The zero-order chi connectivity index (χ0) is 18.9. The van der Waals surface area contributed by atoms with Crippen LogP contribution in [0.4, 0.5) is 32.0 Å². The number of sulfonamides is 1. The first-order valence-electron chi connectivity index (χ1n) is 6.43. The van der Waals surface area contributed by atoms with Gasteiger partial charge in [0.25, 0.3) is 10.0 Å². The molecule has 2 aromatic carbocycles. The van der Waals surface area contributed by atoms with Crippen LogP contribution in [-0.2, 0) is 16.2 Å². The van der Waals surface area contributed by atoms with Crippen molar-refractivity contribution in [3.8, 4) is 5.75 Å². The van der Waals surface area contributed by atoms with Crippen molar-refractivity contribution in [2.24, 2.45) is 0 Å². The second kappa shape index (κ2) is 6.47. The van der Waals surface area contributed by atoms with Crippen LogP contribution < -0.4 is 9.46 Å².